The monoisotopic (exact) mass is 482 g/mol. The first-order valence-electron chi connectivity index (χ1n) is 9.50. The van der Waals surface area contributed by atoms with Gasteiger partial charge in [-0.3, -0.25) is 14.2 Å². The average molecular weight is 483 g/mol. The topological polar surface area (TPSA) is 76.3 Å². The number of hydrogen-bond donors (Lipinski definition) is 1. The van der Waals surface area contributed by atoms with Crippen molar-refractivity contribution < 1.29 is 4.79 Å². The largest absolute Gasteiger partial charge is 0.272 e. The lowest BCUT2D eigenvalue weighted by molar-refractivity contribution is -0.118. The maximum absolute atomic E-state index is 13.1. The molecule has 0 aliphatic rings. The minimum Gasteiger partial charge on any atom is -0.272 e. The molecule has 1 amide bonds. The van der Waals surface area contributed by atoms with Gasteiger partial charge in [-0.1, -0.05) is 71.4 Å². The highest BCUT2D eigenvalue weighted by Gasteiger charge is 2.14. The molecular weight excluding hydrogens is 467 g/mol. The Balaban J connectivity index is 1.56. The van der Waals surface area contributed by atoms with E-state index >= 15 is 0 Å². The van der Waals surface area contributed by atoms with Gasteiger partial charge in [-0.25, -0.2) is 10.4 Å². The lowest BCUT2D eigenvalue weighted by Crippen LogP contribution is -2.24. The second-order valence-corrected chi connectivity index (χ2v) is 8.36. The highest BCUT2D eigenvalue weighted by atomic mass is 35.5. The maximum atomic E-state index is 13.1. The fourth-order valence-electron chi connectivity index (χ4n) is 2.98. The quantitative estimate of drug-likeness (QED) is 0.183. The molecule has 9 heteroatoms. The lowest BCUT2D eigenvalue weighted by Gasteiger charge is -2.12. The van der Waals surface area contributed by atoms with Crippen molar-refractivity contribution in [1.29, 1.82) is 0 Å². The zero-order valence-electron chi connectivity index (χ0n) is 16.5. The fourth-order valence-corrected chi connectivity index (χ4v) is 4.28. The number of halogens is 2. The summed E-state index contributed by atoms with van der Waals surface area (Å²) >= 11 is 13.3. The molecule has 0 saturated carbocycles. The first kappa shape index (κ1) is 22.1. The number of benzene rings is 3. The number of hydrazone groups is 1. The molecule has 4 rings (SSSR count). The molecular formula is C23H16Cl2N4O2S. The van der Waals surface area contributed by atoms with Crippen LogP contribution >= 0.6 is 35.0 Å². The number of aromatic nitrogens is 2. The number of carbonyl (C=O) groups excluding carboxylic acids is 1. The van der Waals surface area contributed by atoms with Gasteiger partial charge >= 0.3 is 0 Å². The van der Waals surface area contributed by atoms with Crippen LogP contribution in [0.1, 0.15) is 5.56 Å². The molecule has 3 aromatic carbocycles. The molecule has 0 unspecified atom stereocenters. The number of thioether (sulfide) groups is 1. The van der Waals surface area contributed by atoms with Crippen LogP contribution in [0.5, 0.6) is 0 Å². The van der Waals surface area contributed by atoms with Crippen LogP contribution in [-0.4, -0.2) is 27.4 Å². The van der Waals surface area contributed by atoms with Crippen molar-refractivity contribution in [2.75, 3.05) is 5.75 Å². The van der Waals surface area contributed by atoms with Crippen molar-refractivity contribution >= 4 is 58.0 Å². The Morgan fingerprint density at radius 3 is 2.44 bits per heavy atom. The van der Waals surface area contributed by atoms with Crippen molar-refractivity contribution in [3.63, 3.8) is 0 Å². The van der Waals surface area contributed by atoms with Gasteiger partial charge < -0.3 is 0 Å². The van der Waals surface area contributed by atoms with Crippen LogP contribution in [0.4, 0.5) is 0 Å². The predicted octanol–water partition coefficient (Wildman–Crippen LogP) is 4.93. The van der Waals surface area contributed by atoms with Crippen LogP contribution in [0.15, 0.2) is 87.8 Å². The van der Waals surface area contributed by atoms with Crippen molar-refractivity contribution in [3.05, 3.63) is 98.8 Å². The van der Waals surface area contributed by atoms with Crippen LogP contribution in [0, 0.1) is 0 Å². The van der Waals surface area contributed by atoms with E-state index in [1.807, 2.05) is 36.4 Å². The molecule has 0 aliphatic heterocycles. The Hall–Kier alpha value is -3.13. The van der Waals surface area contributed by atoms with Gasteiger partial charge in [0.25, 0.3) is 11.5 Å². The number of hydrogen-bond acceptors (Lipinski definition) is 5. The van der Waals surface area contributed by atoms with E-state index in [4.69, 9.17) is 23.2 Å². The van der Waals surface area contributed by atoms with Crippen LogP contribution in [0.2, 0.25) is 10.0 Å². The molecule has 6 nitrogen and oxygen atoms in total. The summed E-state index contributed by atoms with van der Waals surface area (Å²) < 4.78 is 1.51. The summed E-state index contributed by atoms with van der Waals surface area (Å²) in [6.07, 6.45) is 1.39. The first-order valence-corrected chi connectivity index (χ1v) is 11.2. The van der Waals surface area contributed by atoms with E-state index in [2.05, 4.69) is 15.5 Å². The number of nitrogens with one attached hydrogen (secondary N) is 1. The minimum atomic E-state index is -0.364. The number of fused-ring (bicyclic) bond motifs is 1. The molecule has 0 bridgehead atoms. The van der Waals surface area contributed by atoms with Gasteiger partial charge in [-0.2, -0.15) is 5.10 Å². The maximum Gasteiger partial charge on any atom is 0.266 e. The molecule has 0 spiro atoms. The molecule has 160 valence electrons. The van der Waals surface area contributed by atoms with E-state index in [0.717, 1.165) is 11.8 Å². The van der Waals surface area contributed by atoms with Crippen LogP contribution in [0.3, 0.4) is 0 Å². The number of carbonyl (C=O) groups is 1. The van der Waals surface area contributed by atoms with E-state index in [0.29, 0.717) is 37.4 Å². The van der Waals surface area contributed by atoms with Crippen LogP contribution < -0.4 is 11.0 Å². The highest BCUT2D eigenvalue weighted by Crippen LogP contribution is 2.23. The molecule has 1 aromatic heterocycles. The summed E-state index contributed by atoms with van der Waals surface area (Å²) in [5.74, 6) is -0.359. The molecule has 0 atom stereocenters. The molecule has 4 aromatic rings. The van der Waals surface area contributed by atoms with Crippen molar-refractivity contribution in [2.45, 2.75) is 5.16 Å². The third-order valence-electron chi connectivity index (χ3n) is 4.47. The van der Waals surface area contributed by atoms with Gasteiger partial charge in [-0.15, -0.1) is 0 Å². The molecule has 0 radical (unpaired) electrons. The van der Waals surface area contributed by atoms with E-state index < -0.39 is 0 Å². The Labute approximate surface area is 197 Å². The normalized spacial score (nSPS) is 11.2. The Morgan fingerprint density at radius 1 is 1.00 bits per heavy atom. The number of rotatable bonds is 6. The minimum absolute atomic E-state index is 0.00517. The van der Waals surface area contributed by atoms with E-state index in [1.54, 1.807) is 36.4 Å². The van der Waals surface area contributed by atoms with Crippen LogP contribution in [0.25, 0.3) is 16.6 Å². The standard InChI is InChI=1S/C23H16Cl2N4O2S/c24-18-10-6-11-19(25)17(18)13-26-28-21(30)14-32-23-27-20-12-5-4-9-16(20)22(31)29(23)15-7-2-1-3-8-15/h1-13H,14H2,(H,28,30). The molecule has 0 fully saturated rings. The average Bonchev–Trinajstić information content (AvgIpc) is 2.80. The van der Waals surface area contributed by atoms with Gasteiger partial charge in [0.2, 0.25) is 0 Å². The summed E-state index contributed by atoms with van der Waals surface area (Å²) in [6.45, 7) is 0. The summed E-state index contributed by atoms with van der Waals surface area (Å²) in [6, 6.07) is 21.4. The Morgan fingerprint density at radius 2 is 1.69 bits per heavy atom. The lowest BCUT2D eigenvalue weighted by atomic mass is 10.2. The summed E-state index contributed by atoms with van der Waals surface area (Å²) in [5.41, 5.74) is 4.00. The van der Waals surface area contributed by atoms with Crippen LogP contribution in [-0.2, 0) is 4.79 Å². The Kier molecular flexibility index (Phi) is 6.90. The van der Waals surface area contributed by atoms with Gasteiger partial charge in [-0.05, 0) is 36.4 Å². The third-order valence-corrected chi connectivity index (χ3v) is 6.07. The SMILES string of the molecule is O=C(CSc1nc2ccccc2c(=O)n1-c1ccccc1)NN=Cc1c(Cl)cccc1Cl. The van der Waals surface area contributed by atoms with Crippen molar-refractivity contribution in [1.82, 2.24) is 15.0 Å². The number of amides is 1. The third kappa shape index (κ3) is 4.85. The Bertz CT molecular complexity index is 1350. The van der Waals surface area contributed by atoms with E-state index in [-0.39, 0.29) is 17.2 Å². The second kappa shape index (κ2) is 9.99. The fraction of sp³-hybridized carbons (Fsp3) is 0.0435. The summed E-state index contributed by atoms with van der Waals surface area (Å²) in [5, 5.41) is 5.70. The zero-order valence-corrected chi connectivity index (χ0v) is 18.9. The summed E-state index contributed by atoms with van der Waals surface area (Å²) in [7, 11) is 0. The van der Waals surface area contributed by atoms with E-state index in [1.165, 1.54) is 10.8 Å². The molecule has 0 saturated heterocycles. The molecule has 1 heterocycles. The van der Waals surface area contributed by atoms with Gasteiger partial charge in [0.1, 0.15) is 0 Å². The zero-order chi connectivity index (χ0) is 22.5. The van der Waals surface area contributed by atoms with E-state index in [9.17, 15) is 9.59 Å². The molecule has 1 N–H and O–H groups in total. The van der Waals surface area contributed by atoms with Crippen molar-refractivity contribution in [2.24, 2.45) is 5.10 Å². The first-order chi connectivity index (χ1) is 15.5. The van der Waals surface area contributed by atoms with Gasteiger partial charge in [0.15, 0.2) is 5.16 Å². The predicted molar refractivity (Wildman–Crippen MR) is 130 cm³/mol. The van der Waals surface area contributed by atoms with Gasteiger partial charge in [0.05, 0.1) is 38.6 Å². The smallest absolute Gasteiger partial charge is 0.266 e. The van der Waals surface area contributed by atoms with Gasteiger partial charge in [0, 0.05) is 5.56 Å². The molecule has 0 aliphatic carbocycles. The number of para-hydroxylation sites is 2. The van der Waals surface area contributed by atoms with Crippen molar-refractivity contribution in [3.8, 4) is 5.69 Å². The summed E-state index contributed by atoms with van der Waals surface area (Å²) in [4.78, 5) is 30.1. The highest BCUT2D eigenvalue weighted by molar-refractivity contribution is 7.99. The molecule has 32 heavy (non-hydrogen) atoms. The number of nitrogens with zero attached hydrogens (tertiary/aromatic N) is 3. The second-order valence-electron chi connectivity index (χ2n) is 6.60.